The summed E-state index contributed by atoms with van der Waals surface area (Å²) in [4.78, 5) is 16.8. The Balaban J connectivity index is 1.29. The zero-order valence-electron chi connectivity index (χ0n) is 19.0. The van der Waals surface area contributed by atoms with Crippen LogP contribution in [0.25, 0.3) is 28.4 Å². The molecule has 2 aromatic carbocycles. The minimum Gasteiger partial charge on any atom is -0.494 e. The van der Waals surface area contributed by atoms with Crippen molar-refractivity contribution in [2.24, 2.45) is 0 Å². The number of nitrogens with one attached hydrogen (secondary N) is 1. The lowest BCUT2D eigenvalue weighted by Gasteiger charge is -2.10. The molecule has 0 unspecified atom stereocenters. The minimum atomic E-state index is -0.268. The van der Waals surface area contributed by atoms with Gasteiger partial charge in [0.25, 0.3) is 5.91 Å². The highest BCUT2D eigenvalue weighted by Crippen LogP contribution is 2.23. The number of carbonyl (C=O) groups is 1. The number of rotatable bonds is 8. The van der Waals surface area contributed by atoms with E-state index >= 15 is 0 Å². The third-order valence-electron chi connectivity index (χ3n) is 5.10. The van der Waals surface area contributed by atoms with Crippen molar-refractivity contribution in [1.82, 2.24) is 24.8 Å². The van der Waals surface area contributed by atoms with Gasteiger partial charge in [-0.15, -0.1) is 10.2 Å². The highest BCUT2D eigenvalue weighted by Gasteiger charge is 2.12. The Hall–Kier alpha value is -4.79. The van der Waals surface area contributed by atoms with Gasteiger partial charge in [-0.2, -0.15) is 9.61 Å². The highest BCUT2D eigenvalue weighted by molar-refractivity contribution is 5.92. The summed E-state index contributed by atoms with van der Waals surface area (Å²) < 4.78 is 12.6. The summed E-state index contributed by atoms with van der Waals surface area (Å²) in [5.74, 6) is 1.63. The molecule has 1 N–H and O–H groups in total. The fraction of sp³-hybridized carbons (Fsp3) is 0.115. The van der Waals surface area contributed by atoms with E-state index in [2.05, 4.69) is 20.5 Å². The van der Waals surface area contributed by atoms with Crippen LogP contribution in [-0.2, 0) is 4.79 Å². The first-order valence-electron chi connectivity index (χ1n) is 11.1. The van der Waals surface area contributed by atoms with E-state index in [1.165, 1.54) is 0 Å². The molecular weight excluding hydrogens is 444 g/mol. The first-order valence-corrected chi connectivity index (χ1v) is 11.1. The molecule has 0 aliphatic rings. The second-order valence-electron chi connectivity index (χ2n) is 7.55. The van der Waals surface area contributed by atoms with Crippen LogP contribution < -0.4 is 14.8 Å². The van der Waals surface area contributed by atoms with Crippen LogP contribution >= 0.6 is 0 Å². The van der Waals surface area contributed by atoms with Crippen molar-refractivity contribution in [1.29, 1.82) is 0 Å². The maximum absolute atomic E-state index is 12.4. The van der Waals surface area contributed by atoms with Crippen LogP contribution in [0.4, 0.5) is 5.69 Å². The largest absolute Gasteiger partial charge is 0.494 e. The lowest BCUT2D eigenvalue weighted by molar-refractivity contribution is -0.118. The van der Waals surface area contributed by atoms with Gasteiger partial charge in [0.15, 0.2) is 12.3 Å². The van der Waals surface area contributed by atoms with Crippen molar-refractivity contribution in [2.45, 2.75) is 6.92 Å². The van der Waals surface area contributed by atoms with E-state index in [4.69, 9.17) is 14.6 Å². The second kappa shape index (κ2) is 10.0. The molecule has 0 saturated heterocycles. The van der Waals surface area contributed by atoms with Crippen LogP contribution in [0.3, 0.4) is 0 Å². The van der Waals surface area contributed by atoms with Crippen molar-refractivity contribution >= 4 is 17.2 Å². The molecule has 0 radical (unpaired) electrons. The van der Waals surface area contributed by atoms with Gasteiger partial charge in [-0.3, -0.25) is 9.78 Å². The zero-order valence-corrected chi connectivity index (χ0v) is 19.0. The number of benzene rings is 2. The Morgan fingerprint density at radius 2 is 1.71 bits per heavy atom. The standard InChI is InChI=1S/C26H22N6O3/c1-2-34-20-9-11-21(12-10-20)35-17-25(33)28-19-7-5-6-18(16-19)22-13-14-24-29-30-26(32(24)31-22)23-8-3-4-15-27-23/h3-16H,2,17H2,1H3,(H,28,33). The normalized spacial score (nSPS) is 10.8. The molecular formula is C26H22N6O3. The Kier molecular flexibility index (Phi) is 6.29. The van der Waals surface area contributed by atoms with Crippen molar-refractivity contribution in [3.8, 4) is 34.3 Å². The summed E-state index contributed by atoms with van der Waals surface area (Å²) in [5, 5.41) is 16.0. The van der Waals surface area contributed by atoms with Crippen LogP contribution in [0.5, 0.6) is 11.5 Å². The summed E-state index contributed by atoms with van der Waals surface area (Å²) in [7, 11) is 0. The predicted molar refractivity (Wildman–Crippen MR) is 131 cm³/mol. The molecule has 0 fully saturated rings. The highest BCUT2D eigenvalue weighted by atomic mass is 16.5. The molecule has 0 aliphatic heterocycles. The first kappa shape index (κ1) is 22.0. The molecule has 1 amide bonds. The fourth-order valence-electron chi connectivity index (χ4n) is 3.50. The van der Waals surface area contributed by atoms with Gasteiger partial charge in [0.2, 0.25) is 5.82 Å². The average Bonchev–Trinajstić information content (AvgIpc) is 3.32. The number of fused-ring (bicyclic) bond motifs is 1. The van der Waals surface area contributed by atoms with Crippen LogP contribution in [0.2, 0.25) is 0 Å². The van der Waals surface area contributed by atoms with Crippen molar-refractivity contribution in [2.75, 3.05) is 18.5 Å². The molecule has 0 aliphatic carbocycles. The Bertz CT molecular complexity index is 1450. The monoisotopic (exact) mass is 466 g/mol. The van der Waals surface area contributed by atoms with E-state index in [9.17, 15) is 4.79 Å². The lowest BCUT2D eigenvalue weighted by atomic mass is 10.1. The average molecular weight is 467 g/mol. The van der Waals surface area contributed by atoms with Crippen LogP contribution in [0, 0.1) is 0 Å². The predicted octanol–water partition coefficient (Wildman–Crippen LogP) is 4.27. The molecule has 174 valence electrons. The number of nitrogens with zero attached hydrogens (tertiary/aromatic N) is 5. The molecule has 0 saturated carbocycles. The number of amides is 1. The number of aromatic nitrogens is 5. The Labute approximate surface area is 201 Å². The molecule has 9 heteroatoms. The molecule has 0 spiro atoms. The Morgan fingerprint density at radius 3 is 2.49 bits per heavy atom. The van der Waals surface area contributed by atoms with Gasteiger partial charge in [-0.25, -0.2) is 0 Å². The van der Waals surface area contributed by atoms with Crippen molar-refractivity contribution in [3.05, 3.63) is 85.1 Å². The van der Waals surface area contributed by atoms with Gasteiger partial charge in [0.05, 0.1) is 12.3 Å². The summed E-state index contributed by atoms with van der Waals surface area (Å²) in [6, 6.07) is 23.9. The number of hydrogen-bond donors (Lipinski definition) is 1. The maximum Gasteiger partial charge on any atom is 0.262 e. The zero-order chi connectivity index (χ0) is 24.0. The first-order chi connectivity index (χ1) is 17.2. The third kappa shape index (κ3) is 5.09. The molecule has 5 aromatic rings. The molecule has 3 heterocycles. The van der Waals surface area contributed by atoms with E-state index in [1.807, 2.05) is 61.5 Å². The molecule has 5 rings (SSSR count). The van der Waals surface area contributed by atoms with E-state index in [0.717, 1.165) is 11.3 Å². The van der Waals surface area contributed by atoms with Gasteiger partial charge >= 0.3 is 0 Å². The molecule has 3 aromatic heterocycles. The quantitative estimate of drug-likeness (QED) is 0.364. The number of hydrogen-bond acceptors (Lipinski definition) is 7. The second-order valence-corrected chi connectivity index (χ2v) is 7.55. The minimum absolute atomic E-state index is 0.115. The number of anilines is 1. The van der Waals surface area contributed by atoms with Gasteiger partial charge in [0.1, 0.15) is 17.2 Å². The van der Waals surface area contributed by atoms with Crippen molar-refractivity contribution in [3.63, 3.8) is 0 Å². The van der Waals surface area contributed by atoms with Gasteiger partial charge < -0.3 is 14.8 Å². The van der Waals surface area contributed by atoms with Crippen molar-refractivity contribution < 1.29 is 14.3 Å². The third-order valence-corrected chi connectivity index (χ3v) is 5.10. The molecule has 9 nitrogen and oxygen atoms in total. The molecule has 35 heavy (non-hydrogen) atoms. The number of pyridine rings is 1. The smallest absolute Gasteiger partial charge is 0.262 e. The fourth-order valence-corrected chi connectivity index (χ4v) is 3.50. The van der Waals surface area contributed by atoms with E-state index < -0.39 is 0 Å². The van der Waals surface area contributed by atoms with Crippen LogP contribution in [-0.4, -0.2) is 43.9 Å². The van der Waals surface area contributed by atoms with Gasteiger partial charge in [-0.1, -0.05) is 18.2 Å². The lowest BCUT2D eigenvalue weighted by Crippen LogP contribution is -2.20. The van der Waals surface area contributed by atoms with E-state index in [1.54, 1.807) is 35.0 Å². The summed E-state index contributed by atoms with van der Waals surface area (Å²) in [5.41, 5.74) is 3.47. The van der Waals surface area contributed by atoms with Gasteiger partial charge in [-0.05, 0) is 67.6 Å². The summed E-state index contributed by atoms with van der Waals surface area (Å²) in [6.07, 6.45) is 1.70. The van der Waals surface area contributed by atoms with Gasteiger partial charge in [0, 0.05) is 17.4 Å². The number of ether oxygens (including phenoxy) is 2. The van der Waals surface area contributed by atoms with Crippen LogP contribution in [0.1, 0.15) is 6.92 Å². The molecule has 0 atom stereocenters. The van der Waals surface area contributed by atoms with E-state index in [-0.39, 0.29) is 12.5 Å². The topological polar surface area (TPSA) is 104 Å². The van der Waals surface area contributed by atoms with Crippen LogP contribution in [0.15, 0.2) is 85.1 Å². The summed E-state index contributed by atoms with van der Waals surface area (Å²) in [6.45, 7) is 2.40. The molecule has 0 bridgehead atoms. The summed E-state index contributed by atoms with van der Waals surface area (Å²) >= 11 is 0. The maximum atomic E-state index is 12.4. The number of carbonyl (C=O) groups excluding carboxylic acids is 1. The Morgan fingerprint density at radius 1 is 0.886 bits per heavy atom. The van der Waals surface area contributed by atoms with E-state index in [0.29, 0.717) is 40.9 Å². The SMILES string of the molecule is CCOc1ccc(OCC(=O)Nc2cccc(-c3ccc4nnc(-c5ccccn5)n4n3)c2)cc1.